The third-order valence-corrected chi connectivity index (χ3v) is 5.65. The summed E-state index contributed by atoms with van der Waals surface area (Å²) in [6, 6.07) is 0.823. The molecular weight excluding hydrogens is 220 g/mol. The van der Waals surface area contributed by atoms with Crippen molar-refractivity contribution in [3.8, 4) is 0 Å². The maximum absolute atomic E-state index is 4.27. The van der Waals surface area contributed by atoms with E-state index < -0.39 is 0 Å². The molecule has 2 heteroatoms. The topological polar surface area (TPSA) is 20.0 Å². The van der Waals surface area contributed by atoms with Crippen LogP contribution < -0.4 is 10.2 Å². The van der Waals surface area contributed by atoms with Crippen LogP contribution in [0.3, 0.4) is 0 Å². The van der Waals surface area contributed by atoms with Gasteiger partial charge >= 0.3 is 0 Å². The highest BCUT2D eigenvalue weighted by molar-refractivity contribution is 5.16. The van der Waals surface area contributed by atoms with Crippen LogP contribution in [0, 0.1) is 5.41 Å². The van der Waals surface area contributed by atoms with Gasteiger partial charge in [-0.05, 0) is 26.7 Å². The Morgan fingerprint density at radius 1 is 1.00 bits per heavy atom. The maximum atomic E-state index is 4.27. The lowest BCUT2D eigenvalue weighted by molar-refractivity contribution is 0.0437. The monoisotopic (exact) mass is 251 g/mol. The molecule has 3 rings (SSSR count). The average molecular weight is 251 g/mol. The zero-order valence-electron chi connectivity index (χ0n) is 12.8. The summed E-state index contributed by atoms with van der Waals surface area (Å²) in [4.78, 5) is 2.67. The molecule has 2 atom stereocenters. The summed E-state index contributed by atoms with van der Waals surface area (Å²) in [5.41, 5.74) is 1.08. The molecule has 0 saturated carbocycles. The van der Waals surface area contributed by atoms with Gasteiger partial charge in [0.25, 0.3) is 0 Å². The lowest BCUT2D eigenvalue weighted by Gasteiger charge is -2.43. The summed E-state index contributed by atoms with van der Waals surface area (Å²) < 4.78 is 0. The first kappa shape index (κ1) is 14.3. The molecule has 2 unspecified atom stereocenters. The number of hydrogen-bond acceptors (Lipinski definition) is 1. The first-order valence-electron chi connectivity index (χ1n) is 7.87. The Bertz CT molecular complexity index is 255. The summed E-state index contributed by atoms with van der Waals surface area (Å²) in [7, 11) is 0. The van der Waals surface area contributed by atoms with E-state index in [1.807, 2.05) is 0 Å². The van der Waals surface area contributed by atoms with Gasteiger partial charge in [0.15, 0.2) is 5.54 Å². The first-order chi connectivity index (χ1) is 8.47. The molecule has 18 heavy (non-hydrogen) atoms. The van der Waals surface area contributed by atoms with E-state index in [1.54, 1.807) is 0 Å². The number of nitrogens with zero attached hydrogens (tertiary/aromatic N) is 2. The molecule has 0 spiro atoms. The highest BCUT2D eigenvalue weighted by Gasteiger charge is 2.67. The summed E-state index contributed by atoms with van der Waals surface area (Å²) in [5, 5.41) is 4.27. The molecular formula is C16H31N2+. The highest BCUT2D eigenvalue weighted by Crippen LogP contribution is 2.53. The molecule has 3 aliphatic rings. The second-order valence-corrected chi connectivity index (χ2v) is 7.24. The van der Waals surface area contributed by atoms with Crippen LogP contribution >= 0.6 is 0 Å². The van der Waals surface area contributed by atoms with Gasteiger partial charge in [-0.1, -0.05) is 26.7 Å². The minimum Gasteiger partial charge on any atom is -0.242 e. The van der Waals surface area contributed by atoms with Gasteiger partial charge < -0.3 is 0 Å². The number of hydrogen-bond donors (Lipinski definition) is 0. The SMILES string of the molecule is C1CCC[N]CC1.CC1CC(C)(C)C2(C)CC[N+]12. The van der Waals surface area contributed by atoms with Crippen molar-refractivity contribution >= 4 is 0 Å². The predicted molar refractivity (Wildman–Crippen MR) is 78.2 cm³/mol. The Morgan fingerprint density at radius 3 is 1.94 bits per heavy atom. The molecule has 0 aliphatic carbocycles. The van der Waals surface area contributed by atoms with Crippen LogP contribution in [-0.2, 0) is 0 Å². The van der Waals surface area contributed by atoms with Crippen LogP contribution in [0.2, 0.25) is 0 Å². The Balaban J connectivity index is 0.000000149. The Morgan fingerprint density at radius 2 is 1.61 bits per heavy atom. The third kappa shape index (κ3) is 2.60. The van der Waals surface area contributed by atoms with Crippen molar-refractivity contribution in [2.45, 2.75) is 77.8 Å². The van der Waals surface area contributed by atoms with Crippen LogP contribution in [0.25, 0.3) is 0 Å². The average Bonchev–Trinajstić information content (AvgIpc) is 2.55. The van der Waals surface area contributed by atoms with Crippen molar-refractivity contribution in [3.05, 3.63) is 0 Å². The molecule has 0 aromatic carbocycles. The molecule has 104 valence electrons. The quantitative estimate of drug-likeness (QED) is 0.589. The zero-order chi connectivity index (χ0) is 13.2. The van der Waals surface area contributed by atoms with Crippen molar-refractivity contribution in [2.24, 2.45) is 5.41 Å². The standard InChI is InChI=1S/C10H19N.C6H12N/c1-8-7-9(2,3)10(4)5-6-11(8)10;1-2-4-6-7-5-3-1/h8H,5-7H2,1-4H3;1-6H2/q+1;. The second-order valence-electron chi connectivity index (χ2n) is 7.24. The fourth-order valence-electron chi connectivity index (χ4n) is 3.99. The van der Waals surface area contributed by atoms with E-state index in [0.717, 1.165) is 19.1 Å². The van der Waals surface area contributed by atoms with Crippen LogP contribution in [0.4, 0.5) is 0 Å². The molecule has 0 aromatic heterocycles. The lowest BCUT2D eigenvalue weighted by Crippen LogP contribution is -2.64. The van der Waals surface area contributed by atoms with Crippen molar-refractivity contribution in [1.29, 1.82) is 0 Å². The maximum Gasteiger partial charge on any atom is 0.150 e. The van der Waals surface area contributed by atoms with Crippen molar-refractivity contribution in [1.82, 2.24) is 10.2 Å². The van der Waals surface area contributed by atoms with Gasteiger partial charge in [-0.15, -0.1) is 0 Å². The molecule has 3 fully saturated rings. The minimum absolute atomic E-state index is 0.534. The largest absolute Gasteiger partial charge is 0.242 e. The third-order valence-electron chi connectivity index (χ3n) is 5.65. The van der Waals surface area contributed by atoms with Crippen LogP contribution in [-0.4, -0.2) is 31.2 Å². The first-order valence-corrected chi connectivity index (χ1v) is 7.87. The smallest absolute Gasteiger partial charge is 0.150 e. The zero-order valence-corrected chi connectivity index (χ0v) is 12.8. The summed E-state index contributed by atoms with van der Waals surface area (Å²) in [6.45, 7) is 13.2. The van der Waals surface area contributed by atoms with Gasteiger partial charge in [-0.3, -0.25) is 0 Å². The van der Waals surface area contributed by atoms with Crippen LogP contribution in [0.5, 0.6) is 0 Å². The normalized spacial score (nSPS) is 39.0. The number of rotatable bonds is 0. The van der Waals surface area contributed by atoms with E-state index in [9.17, 15) is 0 Å². The Labute approximate surface area is 114 Å². The molecule has 0 aromatic rings. The van der Waals surface area contributed by atoms with Gasteiger partial charge in [0.1, 0.15) is 12.6 Å². The van der Waals surface area contributed by atoms with Gasteiger partial charge in [0.2, 0.25) is 0 Å². The fraction of sp³-hybridized carbons (Fsp3) is 1.00. The van der Waals surface area contributed by atoms with Crippen molar-refractivity contribution in [2.75, 3.05) is 19.6 Å². The Hall–Kier alpha value is -0.0800. The molecule has 3 aliphatic heterocycles. The van der Waals surface area contributed by atoms with E-state index in [-0.39, 0.29) is 0 Å². The minimum atomic E-state index is 0.534. The van der Waals surface area contributed by atoms with Gasteiger partial charge in [-0.25, -0.2) is 5.32 Å². The van der Waals surface area contributed by atoms with E-state index in [0.29, 0.717) is 11.0 Å². The molecule has 0 N–H and O–H groups in total. The highest BCUT2D eigenvalue weighted by atomic mass is 15.3. The van der Waals surface area contributed by atoms with E-state index in [2.05, 4.69) is 37.9 Å². The molecule has 2 nitrogen and oxygen atoms in total. The van der Waals surface area contributed by atoms with Crippen molar-refractivity contribution in [3.63, 3.8) is 0 Å². The van der Waals surface area contributed by atoms with Crippen LogP contribution in [0.1, 0.15) is 66.2 Å². The molecule has 3 heterocycles. The summed E-state index contributed by atoms with van der Waals surface area (Å²) >= 11 is 0. The van der Waals surface area contributed by atoms with E-state index in [1.165, 1.54) is 45.1 Å². The van der Waals surface area contributed by atoms with E-state index in [4.69, 9.17) is 0 Å². The number of fused-ring (bicyclic) bond motifs is 1. The van der Waals surface area contributed by atoms with Gasteiger partial charge in [-0.2, -0.15) is 4.90 Å². The molecule has 3 saturated heterocycles. The lowest BCUT2D eigenvalue weighted by atomic mass is 9.69. The second kappa shape index (κ2) is 5.50. The van der Waals surface area contributed by atoms with Crippen molar-refractivity contribution < 1.29 is 0 Å². The summed E-state index contributed by atoms with van der Waals surface area (Å²) in [5.74, 6) is 0. The van der Waals surface area contributed by atoms with Crippen LogP contribution in [0.15, 0.2) is 0 Å². The Kier molecular flexibility index (Phi) is 4.38. The molecule has 2 radical (unpaired) electrons. The summed E-state index contributed by atoms with van der Waals surface area (Å²) in [6.07, 6.45) is 8.26. The predicted octanol–water partition coefficient (Wildman–Crippen LogP) is 3.27. The fourth-order valence-corrected chi connectivity index (χ4v) is 3.99. The molecule has 0 bridgehead atoms. The van der Waals surface area contributed by atoms with Gasteiger partial charge in [0.05, 0.1) is 6.42 Å². The van der Waals surface area contributed by atoms with E-state index >= 15 is 0 Å². The molecule has 0 amide bonds. The van der Waals surface area contributed by atoms with Gasteiger partial charge in [0, 0.05) is 24.9 Å².